The van der Waals surface area contributed by atoms with Gasteiger partial charge in [-0.3, -0.25) is 4.79 Å². The number of rotatable bonds is 5. The maximum absolute atomic E-state index is 11.8. The van der Waals surface area contributed by atoms with Crippen LogP contribution in [0.2, 0.25) is 0 Å². The molecular weight excluding hydrogens is 232 g/mol. The van der Waals surface area contributed by atoms with Crippen LogP contribution in [0.1, 0.15) is 18.4 Å². The highest BCUT2D eigenvalue weighted by molar-refractivity contribution is 8.00. The van der Waals surface area contributed by atoms with E-state index < -0.39 is 0 Å². The Morgan fingerprint density at radius 1 is 1.41 bits per heavy atom. The summed E-state index contributed by atoms with van der Waals surface area (Å²) in [6.07, 6.45) is 2.33. The number of hydrogen-bond acceptors (Lipinski definition) is 3. The highest BCUT2D eigenvalue weighted by Gasteiger charge is 2.29. The van der Waals surface area contributed by atoms with Gasteiger partial charge in [0.15, 0.2) is 0 Å². The van der Waals surface area contributed by atoms with Crippen molar-refractivity contribution in [3.8, 4) is 0 Å². The second-order valence-corrected chi connectivity index (χ2v) is 5.42. The van der Waals surface area contributed by atoms with Gasteiger partial charge in [0.1, 0.15) is 0 Å². The molecule has 1 fully saturated rings. The van der Waals surface area contributed by atoms with Crippen LogP contribution in [-0.2, 0) is 11.3 Å². The fourth-order valence-electron chi connectivity index (χ4n) is 1.63. The van der Waals surface area contributed by atoms with Gasteiger partial charge in [0.2, 0.25) is 5.91 Å². The summed E-state index contributed by atoms with van der Waals surface area (Å²) in [5.74, 6) is 0.745. The Hall–Kier alpha value is -1.00. The first-order valence-corrected chi connectivity index (χ1v) is 6.86. The summed E-state index contributed by atoms with van der Waals surface area (Å²) >= 11 is 1.59. The molecule has 2 N–H and O–H groups in total. The van der Waals surface area contributed by atoms with E-state index in [2.05, 4.69) is 0 Å². The standard InChI is InChI=1S/C13H18N2OS/c1-15(11-4-5-11)13(16)9-17-12-6-2-10(8-14)3-7-12/h2-3,6-7,11H,4-5,8-9,14H2,1H3. The van der Waals surface area contributed by atoms with E-state index in [9.17, 15) is 4.79 Å². The summed E-state index contributed by atoms with van der Waals surface area (Å²) in [6, 6.07) is 8.58. The second-order valence-electron chi connectivity index (χ2n) is 4.37. The van der Waals surface area contributed by atoms with Crippen LogP contribution in [0.3, 0.4) is 0 Å². The fourth-order valence-corrected chi connectivity index (χ4v) is 2.46. The molecule has 1 saturated carbocycles. The van der Waals surface area contributed by atoms with Gasteiger partial charge in [0.05, 0.1) is 5.75 Å². The summed E-state index contributed by atoms with van der Waals surface area (Å²) in [5.41, 5.74) is 6.66. The normalized spacial score (nSPS) is 14.7. The minimum absolute atomic E-state index is 0.223. The molecule has 0 aromatic heterocycles. The van der Waals surface area contributed by atoms with Crippen molar-refractivity contribution in [3.05, 3.63) is 29.8 Å². The van der Waals surface area contributed by atoms with E-state index in [0.717, 1.165) is 23.3 Å². The zero-order valence-electron chi connectivity index (χ0n) is 10.1. The molecule has 4 heteroatoms. The lowest BCUT2D eigenvalue weighted by Crippen LogP contribution is -2.30. The zero-order valence-corrected chi connectivity index (χ0v) is 10.9. The van der Waals surface area contributed by atoms with Crippen molar-refractivity contribution in [2.75, 3.05) is 12.8 Å². The van der Waals surface area contributed by atoms with Crippen molar-refractivity contribution in [2.45, 2.75) is 30.3 Å². The fraction of sp³-hybridized carbons (Fsp3) is 0.462. The Morgan fingerprint density at radius 2 is 2.06 bits per heavy atom. The van der Waals surface area contributed by atoms with E-state index in [1.54, 1.807) is 11.8 Å². The Morgan fingerprint density at radius 3 is 2.59 bits per heavy atom. The molecule has 2 rings (SSSR count). The molecule has 0 unspecified atom stereocenters. The second kappa shape index (κ2) is 5.56. The number of thioether (sulfide) groups is 1. The molecule has 1 aromatic rings. The number of nitrogens with zero attached hydrogens (tertiary/aromatic N) is 1. The lowest BCUT2D eigenvalue weighted by atomic mass is 10.2. The number of hydrogen-bond donors (Lipinski definition) is 1. The maximum atomic E-state index is 11.8. The van der Waals surface area contributed by atoms with Crippen LogP contribution >= 0.6 is 11.8 Å². The topological polar surface area (TPSA) is 46.3 Å². The summed E-state index contributed by atoms with van der Waals surface area (Å²) in [5, 5.41) is 0. The first-order chi connectivity index (χ1) is 8.20. The molecule has 1 amide bonds. The smallest absolute Gasteiger partial charge is 0.232 e. The van der Waals surface area contributed by atoms with Crippen LogP contribution in [0.15, 0.2) is 29.2 Å². The highest BCUT2D eigenvalue weighted by Crippen LogP contribution is 2.26. The average molecular weight is 250 g/mol. The maximum Gasteiger partial charge on any atom is 0.232 e. The van der Waals surface area contributed by atoms with Crippen LogP contribution in [0, 0.1) is 0 Å². The van der Waals surface area contributed by atoms with Crippen molar-refractivity contribution in [2.24, 2.45) is 5.73 Å². The predicted molar refractivity (Wildman–Crippen MR) is 70.8 cm³/mol. The third-order valence-electron chi connectivity index (χ3n) is 3.01. The minimum Gasteiger partial charge on any atom is -0.342 e. The number of nitrogens with two attached hydrogens (primary N) is 1. The summed E-state index contributed by atoms with van der Waals surface area (Å²) in [7, 11) is 1.90. The molecule has 1 aliphatic rings. The SMILES string of the molecule is CN(C(=O)CSc1ccc(CN)cc1)C1CC1. The Bertz CT molecular complexity index is 387. The number of carbonyl (C=O) groups excluding carboxylic acids is 1. The highest BCUT2D eigenvalue weighted by atomic mass is 32.2. The molecule has 3 nitrogen and oxygen atoms in total. The van der Waals surface area contributed by atoms with Crippen LogP contribution in [-0.4, -0.2) is 29.6 Å². The number of carbonyl (C=O) groups is 1. The molecular formula is C13H18N2OS. The van der Waals surface area contributed by atoms with Gasteiger partial charge in [-0.05, 0) is 30.5 Å². The first kappa shape index (κ1) is 12.5. The van der Waals surface area contributed by atoms with E-state index in [-0.39, 0.29) is 5.91 Å². The molecule has 1 aliphatic carbocycles. The van der Waals surface area contributed by atoms with Gasteiger partial charge >= 0.3 is 0 Å². The third-order valence-corrected chi connectivity index (χ3v) is 4.01. The summed E-state index contributed by atoms with van der Waals surface area (Å²) in [4.78, 5) is 14.8. The van der Waals surface area contributed by atoms with Gasteiger partial charge in [-0.2, -0.15) is 0 Å². The monoisotopic (exact) mass is 250 g/mol. The summed E-state index contributed by atoms with van der Waals surface area (Å²) < 4.78 is 0. The van der Waals surface area contributed by atoms with Crippen molar-refractivity contribution >= 4 is 17.7 Å². The van der Waals surface area contributed by atoms with E-state index in [1.165, 1.54) is 0 Å². The first-order valence-electron chi connectivity index (χ1n) is 5.88. The third kappa shape index (κ3) is 3.48. The lowest BCUT2D eigenvalue weighted by Gasteiger charge is -2.15. The lowest BCUT2D eigenvalue weighted by molar-refractivity contribution is -0.127. The molecule has 0 heterocycles. The number of benzene rings is 1. The van der Waals surface area contributed by atoms with Gasteiger partial charge in [0.25, 0.3) is 0 Å². The largest absolute Gasteiger partial charge is 0.342 e. The van der Waals surface area contributed by atoms with E-state index in [0.29, 0.717) is 18.3 Å². The van der Waals surface area contributed by atoms with Crippen molar-refractivity contribution in [1.29, 1.82) is 0 Å². The molecule has 0 bridgehead atoms. The van der Waals surface area contributed by atoms with E-state index in [1.807, 2.05) is 36.2 Å². The van der Waals surface area contributed by atoms with Crippen molar-refractivity contribution in [1.82, 2.24) is 4.90 Å². The van der Waals surface area contributed by atoms with Crippen LogP contribution in [0.4, 0.5) is 0 Å². The molecule has 0 atom stereocenters. The molecule has 0 radical (unpaired) electrons. The van der Waals surface area contributed by atoms with Crippen LogP contribution in [0.25, 0.3) is 0 Å². The molecule has 0 aliphatic heterocycles. The van der Waals surface area contributed by atoms with Crippen molar-refractivity contribution < 1.29 is 4.79 Å². The van der Waals surface area contributed by atoms with E-state index in [4.69, 9.17) is 5.73 Å². The van der Waals surface area contributed by atoms with Gasteiger partial charge < -0.3 is 10.6 Å². The van der Waals surface area contributed by atoms with Crippen LogP contribution in [0.5, 0.6) is 0 Å². The van der Waals surface area contributed by atoms with Gasteiger partial charge in [-0.1, -0.05) is 12.1 Å². The van der Waals surface area contributed by atoms with Gasteiger partial charge in [-0.25, -0.2) is 0 Å². The van der Waals surface area contributed by atoms with Crippen molar-refractivity contribution in [3.63, 3.8) is 0 Å². The zero-order chi connectivity index (χ0) is 12.3. The predicted octanol–water partition coefficient (Wildman–Crippen LogP) is 1.86. The van der Waals surface area contributed by atoms with E-state index >= 15 is 0 Å². The molecule has 17 heavy (non-hydrogen) atoms. The summed E-state index contributed by atoms with van der Waals surface area (Å²) in [6.45, 7) is 0.564. The quantitative estimate of drug-likeness (QED) is 0.811. The Balaban J connectivity index is 1.82. The molecule has 1 aromatic carbocycles. The van der Waals surface area contributed by atoms with Gasteiger partial charge in [0, 0.05) is 24.5 Å². The van der Waals surface area contributed by atoms with Gasteiger partial charge in [-0.15, -0.1) is 11.8 Å². The van der Waals surface area contributed by atoms with Crippen LogP contribution < -0.4 is 5.73 Å². The Kier molecular flexibility index (Phi) is 4.07. The molecule has 0 saturated heterocycles. The molecule has 92 valence electrons. The minimum atomic E-state index is 0.223. The average Bonchev–Trinajstić information content (AvgIpc) is 3.20. The Labute approximate surface area is 106 Å². The molecule has 0 spiro atoms. The number of amides is 1.